The predicted octanol–water partition coefficient (Wildman–Crippen LogP) is 3.41. The van der Waals surface area contributed by atoms with Crippen LogP contribution in [0.3, 0.4) is 0 Å². The number of halogens is 2. The van der Waals surface area contributed by atoms with Gasteiger partial charge in [-0.3, -0.25) is 4.79 Å². The molecule has 0 bridgehead atoms. The number of rotatable bonds is 7. The molecule has 1 N–H and O–H groups in total. The Morgan fingerprint density at radius 1 is 1.19 bits per heavy atom. The van der Waals surface area contributed by atoms with Gasteiger partial charge in [0.25, 0.3) is 5.91 Å². The van der Waals surface area contributed by atoms with E-state index in [9.17, 15) is 13.6 Å². The van der Waals surface area contributed by atoms with Crippen molar-refractivity contribution in [3.05, 3.63) is 72.1 Å². The molecular formula is C19H17F2N3O3. The number of nitrogens with zero attached hydrogens (tertiary/aromatic N) is 2. The maximum Gasteiger partial charge on any atom is 0.387 e. The molecule has 1 heterocycles. The van der Waals surface area contributed by atoms with E-state index in [-0.39, 0.29) is 23.6 Å². The lowest BCUT2D eigenvalue weighted by atomic mass is 10.1. The second kappa shape index (κ2) is 8.31. The molecule has 1 amide bonds. The molecule has 1 aromatic heterocycles. The molecule has 0 spiro atoms. The zero-order chi connectivity index (χ0) is 19.2. The minimum Gasteiger partial charge on any atom is -0.493 e. The molecule has 0 aliphatic carbocycles. The highest BCUT2D eigenvalue weighted by molar-refractivity contribution is 5.97. The molecule has 3 rings (SSSR count). The predicted molar refractivity (Wildman–Crippen MR) is 94.4 cm³/mol. The first-order chi connectivity index (χ1) is 13.1. The molecule has 2 aromatic carbocycles. The molecule has 3 aromatic rings. The van der Waals surface area contributed by atoms with Crippen molar-refractivity contribution in [1.82, 2.24) is 15.1 Å². The first-order valence-corrected chi connectivity index (χ1v) is 8.07. The van der Waals surface area contributed by atoms with Crippen LogP contribution in [0.5, 0.6) is 11.5 Å². The first-order valence-electron chi connectivity index (χ1n) is 8.07. The molecular weight excluding hydrogens is 356 g/mol. The molecule has 0 atom stereocenters. The Hall–Kier alpha value is -3.42. The smallest absolute Gasteiger partial charge is 0.387 e. The van der Waals surface area contributed by atoms with Crippen molar-refractivity contribution in [1.29, 1.82) is 0 Å². The van der Waals surface area contributed by atoms with Gasteiger partial charge in [-0.25, -0.2) is 4.68 Å². The maximum absolute atomic E-state index is 12.7. The summed E-state index contributed by atoms with van der Waals surface area (Å²) in [5, 5.41) is 6.92. The van der Waals surface area contributed by atoms with E-state index in [4.69, 9.17) is 4.74 Å². The highest BCUT2D eigenvalue weighted by Gasteiger charge is 2.20. The monoisotopic (exact) mass is 373 g/mol. The summed E-state index contributed by atoms with van der Waals surface area (Å²) >= 11 is 0. The fraction of sp³-hybridized carbons (Fsp3) is 0.158. The minimum absolute atomic E-state index is 0.0369. The summed E-state index contributed by atoms with van der Waals surface area (Å²) in [4.78, 5) is 12.4. The van der Waals surface area contributed by atoms with Crippen LogP contribution in [0.2, 0.25) is 0 Å². The summed E-state index contributed by atoms with van der Waals surface area (Å²) in [6, 6.07) is 13.9. The summed E-state index contributed by atoms with van der Waals surface area (Å²) in [5.41, 5.74) is 1.60. The molecule has 0 saturated heterocycles. The normalized spacial score (nSPS) is 10.7. The van der Waals surface area contributed by atoms with Gasteiger partial charge < -0.3 is 14.8 Å². The number of carbonyl (C=O) groups excluding carboxylic acids is 1. The summed E-state index contributed by atoms with van der Waals surface area (Å²) in [6.45, 7) is -2.89. The van der Waals surface area contributed by atoms with Crippen molar-refractivity contribution in [2.75, 3.05) is 7.11 Å². The number of aromatic nitrogens is 2. The number of alkyl halides is 2. The average Bonchev–Trinajstić information content (AvgIpc) is 3.15. The quantitative estimate of drug-likeness (QED) is 0.689. The van der Waals surface area contributed by atoms with E-state index in [2.05, 4.69) is 15.2 Å². The van der Waals surface area contributed by atoms with Crippen LogP contribution in [-0.4, -0.2) is 29.4 Å². The van der Waals surface area contributed by atoms with E-state index in [1.54, 1.807) is 17.1 Å². The van der Waals surface area contributed by atoms with Crippen molar-refractivity contribution in [3.8, 4) is 17.2 Å². The molecule has 8 heteroatoms. The van der Waals surface area contributed by atoms with Gasteiger partial charge in [0.2, 0.25) is 0 Å². The largest absolute Gasteiger partial charge is 0.493 e. The first kappa shape index (κ1) is 18.4. The Morgan fingerprint density at radius 2 is 1.96 bits per heavy atom. The van der Waals surface area contributed by atoms with Gasteiger partial charge in [-0.05, 0) is 24.3 Å². The van der Waals surface area contributed by atoms with Crippen molar-refractivity contribution in [2.45, 2.75) is 13.2 Å². The molecule has 6 nitrogen and oxygen atoms in total. The number of methoxy groups -OCH3 is 1. The third kappa shape index (κ3) is 4.41. The van der Waals surface area contributed by atoms with Gasteiger partial charge in [-0.2, -0.15) is 13.9 Å². The number of carbonyl (C=O) groups is 1. The van der Waals surface area contributed by atoms with Gasteiger partial charge in [-0.1, -0.05) is 24.3 Å². The summed E-state index contributed by atoms with van der Waals surface area (Å²) in [6.07, 6.45) is 3.40. The molecule has 0 saturated carbocycles. The van der Waals surface area contributed by atoms with Gasteiger partial charge >= 0.3 is 6.61 Å². The van der Waals surface area contributed by atoms with Gasteiger partial charge in [0.05, 0.1) is 24.6 Å². The zero-order valence-corrected chi connectivity index (χ0v) is 14.4. The van der Waals surface area contributed by atoms with Crippen LogP contribution in [0.15, 0.2) is 60.9 Å². The van der Waals surface area contributed by atoms with Crippen LogP contribution in [0.25, 0.3) is 5.69 Å². The minimum atomic E-state index is -3.07. The molecule has 0 unspecified atom stereocenters. The molecule has 27 heavy (non-hydrogen) atoms. The number of ether oxygens (including phenoxy) is 2. The Labute approximate surface area is 154 Å². The molecule has 0 aliphatic heterocycles. The second-order valence-corrected chi connectivity index (χ2v) is 5.53. The van der Waals surface area contributed by atoms with E-state index in [0.717, 1.165) is 11.3 Å². The number of hydrogen-bond acceptors (Lipinski definition) is 4. The third-order valence-corrected chi connectivity index (χ3v) is 3.76. The van der Waals surface area contributed by atoms with Gasteiger partial charge in [0.1, 0.15) is 0 Å². The molecule has 140 valence electrons. The maximum atomic E-state index is 12.7. The van der Waals surface area contributed by atoms with Gasteiger partial charge in [0, 0.05) is 18.3 Å². The van der Waals surface area contributed by atoms with Crippen molar-refractivity contribution < 1.29 is 23.0 Å². The molecule has 0 aliphatic rings. The van der Waals surface area contributed by atoms with Crippen LogP contribution in [0, 0.1) is 0 Å². The SMILES string of the molecule is COc1cccc(C(=O)NCc2cnn(-c3ccccc3)c2)c1OC(F)F. The number of benzene rings is 2. The van der Waals surface area contributed by atoms with Crippen LogP contribution in [-0.2, 0) is 6.54 Å². The Morgan fingerprint density at radius 3 is 2.67 bits per heavy atom. The zero-order valence-electron chi connectivity index (χ0n) is 14.4. The van der Waals surface area contributed by atoms with E-state index < -0.39 is 12.5 Å². The number of para-hydroxylation sites is 2. The van der Waals surface area contributed by atoms with E-state index in [1.165, 1.54) is 25.3 Å². The summed E-state index contributed by atoms with van der Waals surface area (Å²) in [7, 11) is 1.31. The lowest BCUT2D eigenvalue weighted by molar-refractivity contribution is -0.0515. The highest BCUT2D eigenvalue weighted by atomic mass is 19.3. The topological polar surface area (TPSA) is 65.4 Å². The van der Waals surface area contributed by atoms with E-state index >= 15 is 0 Å². The van der Waals surface area contributed by atoms with Crippen LogP contribution < -0.4 is 14.8 Å². The average molecular weight is 373 g/mol. The third-order valence-electron chi connectivity index (χ3n) is 3.76. The summed E-state index contributed by atoms with van der Waals surface area (Å²) < 4.78 is 36.5. The second-order valence-electron chi connectivity index (χ2n) is 5.53. The fourth-order valence-corrected chi connectivity index (χ4v) is 2.52. The Kier molecular flexibility index (Phi) is 5.65. The van der Waals surface area contributed by atoms with Crippen molar-refractivity contribution in [3.63, 3.8) is 0 Å². The van der Waals surface area contributed by atoms with Crippen molar-refractivity contribution in [2.24, 2.45) is 0 Å². The van der Waals surface area contributed by atoms with E-state index in [0.29, 0.717) is 0 Å². The molecule has 0 fully saturated rings. The lowest BCUT2D eigenvalue weighted by Gasteiger charge is -2.14. The Balaban J connectivity index is 1.72. The van der Waals surface area contributed by atoms with E-state index in [1.807, 2.05) is 30.3 Å². The number of nitrogens with one attached hydrogen (secondary N) is 1. The van der Waals surface area contributed by atoms with Crippen LogP contribution >= 0.6 is 0 Å². The van der Waals surface area contributed by atoms with Crippen LogP contribution in [0.1, 0.15) is 15.9 Å². The molecule has 0 radical (unpaired) electrons. The van der Waals surface area contributed by atoms with Gasteiger partial charge in [0.15, 0.2) is 11.5 Å². The standard InChI is InChI=1S/C19H17F2N3O3/c1-26-16-9-5-8-15(17(16)27-19(20)21)18(25)22-10-13-11-23-24(12-13)14-6-3-2-4-7-14/h2-9,11-12,19H,10H2,1H3,(H,22,25). The highest BCUT2D eigenvalue weighted by Crippen LogP contribution is 2.32. The summed E-state index contributed by atoms with van der Waals surface area (Å²) in [5.74, 6) is -0.802. The fourth-order valence-electron chi connectivity index (χ4n) is 2.52. The van der Waals surface area contributed by atoms with Crippen molar-refractivity contribution >= 4 is 5.91 Å². The Bertz CT molecular complexity index is 914. The van der Waals surface area contributed by atoms with Crippen LogP contribution in [0.4, 0.5) is 8.78 Å². The number of hydrogen-bond donors (Lipinski definition) is 1. The lowest BCUT2D eigenvalue weighted by Crippen LogP contribution is -2.24. The van der Waals surface area contributed by atoms with Gasteiger partial charge in [-0.15, -0.1) is 0 Å². The number of amides is 1.